The van der Waals surface area contributed by atoms with Gasteiger partial charge in [-0.3, -0.25) is 9.59 Å². The van der Waals surface area contributed by atoms with Crippen LogP contribution in [0.2, 0.25) is 0 Å². The van der Waals surface area contributed by atoms with E-state index in [0.717, 1.165) is 21.9 Å². The number of ether oxygens (including phenoxy) is 1. The van der Waals surface area contributed by atoms with Crippen molar-refractivity contribution in [3.05, 3.63) is 57.5 Å². The second-order valence-electron chi connectivity index (χ2n) is 6.08. The highest BCUT2D eigenvalue weighted by atomic mass is 79.9. The van der Waals surface area contributed by atoms with Crippen molar-refractivity contribution in [3.8, 4) is 0 Å². The molecule has 0 aliphatic rings. The average Bonchev–Trinajstić information content (AvgIpc) is 3.12. The smallest absolute Gasteiger partial charge is 0.306 e. The predicted octanol–water partition coefficient (Wildman–Crippen LogP) is 5.21. The topological polar surface area (TPSA) is 59.5 Å². The van der Waals surface area contributed by atoms with Crippen molar-refractivity contribution in [2.24, 2.45) is 0 Å². The Bertz CT molecular complexity index is 1040. The molecule has 0 atom stereocenters. The lowest BCUT2D eigenvalue weighted by atomic mass is 10.2. The Balaban J connectivity index is 1.87. The fourth-order valence-electron chi connectivity index (χ4n) is 2.71. The van der Waals surface area contributed by atoms with Gasteiger partial charge in [-0.1, -0.05) is 15.9 Å². The highest BCUT2D eigenvalue weighted by Crippen LogP contribution is 2.29. The van der Waals surface area contributed by atoms with Crippen LogP contribution < -0.4 is 4.90 Å². The summed E-state index contributed by atoms with van der Waals surface area (Å²) in [6.45, 7) is 2.02. The third-order valence-electron chi connectivity index (χ3n) is 4.08. The summed E-state index contributed by atoms with van der Waals surface area (Å²) in [7, 11) is 0. The summed E-state index contributed by atoms with van der Waals surface area (Å²) in [5.74, 6) is -2.64. The molecular weight excluding hydrogens is 466 g/mol. The molecular formula is C20H17BrF2N2O3S. The Hall–Kier alpha value is -2.39. The first-order valence-corrected chi connectivity index (χ1v) is 10.4. The highest BCUT2D eigenvalue weighted by molar-refractivity contribution is 9.10. The highest BCUT2D eigenvalue weighted by Gasteiger charge is 2.21. The van der Waals surface area contributed by atoms with Crippen LogP contribution in [0, 0.1) is 11.6 Å². The number of rotatable bonds is 7. The van der Waals surface area contributed by atoms with E-state index in [1.165, 1.54) is 11.0 Å². The van der Waals surface area contributed by atoms with Crippen molar-refractivity contribution in [2.75, 3.05) is 11.5 Å². The predicted molar refractivity (Wildman–Crippen MR) is 111 cm³/mol. The van der Waals surface area contributed by atoms with Crippen LogP contribution in [0.4, 0.5) is 14.5 Å². The molecule has 0 unspecified atom stereocenters. The van der Waals surface area contributed by atoms with E-state index in [9.17, 15) is 18.4 Å². The number of thiazole rings is 1. The zero-order valence-electron chi connectivity index (χ0n) is 15.5. The average molecular weight is 483 g/mol. The first kappa shape index (κ1) is 21.3. The van der Waals surface area contributed by atoms with Crippen LogP contribution in [0.15, 0.2) is 40.9 Å². The monoisotopic (exact) mass is 482 g/mol. The van der Waals surface area contributed by atoms with Gasteiger partial charge in [0.2, 0.25) is 5.91 Å². The lowest BCUT2D eigenvalue weighted by Crippen LogP contribution is -2.30. The molecule has 1 amide bonds. The summed E-state index contributed by atoms with van der Waals surface area (Å²) in [6, 6.07) is 9.50. The van der Waals surface area contributed by atoms with E-state index >= 15 is 0 Å². The van der Waals surface area contributed by atoms with Crippen molar-refractivity contribution in [3.63, 3.8) is 0 Å². The molecule has 152 valence electrons. The molecule has 29 heavy (non-hydrogen) atoms. The molecule has 0 fully saturated rings. The molecule has 0 saturated carbocycles. The minimum atomic E-state index is -0.949. The Morgan fingerprint density at radius 2 is 1.86 bits per heavy atom. The van der Waals surface area contributed by atoms with Crippen molar-refractivity contribution >= 4 is 55.0 Å². The molecule has 3 rings (SSSR count). The lowest BCUT2D eigenvalue weighted by Gasteiger charge is -2.22. The van der Waals surface area contributed by atoms with E-state index < -0.39 is 17.6 Å². The largest absolute Gasteiger partial charge is 0.466 e. The number of aromatic nitrogens is 1. The number of anilines is 1. The molecule has 0 spiro atoms. The van der Waals surface area contributed by atoms with Crippen LogP contribution >= 0.6 is 27.3 Å². The summed E-state index contributed by atoms with van der Waals surface area (Å²) in [6.07, 6.45) is -0.0812. The fraction of sp³-hybridized carbons (Fsp3) is 0.250. The van der Waals surface area contributed by atoms with Gasteiger partial charge in [0.05, 0.1) is 29.8 Å². The summed E-state index contributed by atoms with van der Waals surface area (Å²) in [4.78, 5) is 30.2. The first-order valence-electron chi connectivity index (χ1n) is 8.84. The summed E-state index contributed by atoms with van der Waals surface area (Å²) in [5.41, 5.74) is 0.937. The van der Waals surface area contributed by atoms with Crippen LogP contribution in [0.25, 0.3) is 10.2 Å². The zero-order chi connectivity index (χ0) is 21.0. The zero-order valence-corrected chi connectivity index (χ0v) is 17.9. The standard InChI is InChI=1S/C20H17BrF2N2O3S/c1-2-28-18(27)10-9-17(26)25(13-5-3-12(21)4-6-13)11-16-24-15-8-7-14(22)19(23)20(15)29-16/h3-8H,2,9-11H2,1H3. The van der Waals surface area contributed by atoms with Gasteiger partial charge in [-0.25, -0.2) is 13.8 Å². The van der Waals surface area contributed by atoms with Gasteiger partial charge in [-0.15, -0.1) is 11.3 Å². The maximum Gasteiger partial charge on any atom is 0.306 e. The van der Waals surface area contributed by atoms with Crippen LogP contribution in [0.3, 0.4) is 0 Å². The number of fused-ring (bicyclic) bond motifs is 1. The Kier molecular flexibility index (Phi) is 6.92. The number of carbonyl (C=O) groups is 2. The van der Waals surface area contributed by atoms with Crippen molar-refractivity contribution in [2.45, 2.75) is 26.3 Å². The molecule has 3 aromatic rings. The van der Waals surface area contributed by atoms with E-state index in [0.29, 0.717) is 16.2 Å². The van der Waals surface area contributed by atoms with Gasteiger partial charge >= 0.3 is 5.97 Å². The molecule has 0 aliphatic heterocycles. The minimum Gasteiger partial charge on any atom is -0.466 e. The van der Waals surface area contributed by atoms with Crippen LogP contribution in [-0.4, -0.2) is 23.5 Å². The second kappa shape index (κ2) is 9.41. The fourth-order valence-corrected chi connectivity index (χ4v) is 3.95. The maximum atomic E-state index is 14.0. The third kappa shape index (κ3) is 5.16. The number of hydrogen-bond acceptors (Lipinski definition) is 5. The summed E-state index contributed by atoms with van der Waals surface area (Å²) >= 11 is 4.34. The van der Waals surface area contributed by atoms with Gasteiger partial charge < -0.3 is 9.64 Å². The normalized spacial score (nSPS) is 10.9. The van der Waals surface area contributed by atoms with E-state index in [-0.39, 0.29) is 36.6 Å². The molecule has 9 heteroatoms. The summed E-state index contributed by atoms with van der Waals surface area (Å²) < 4.78 is 33.3. The quantitative estimate of drug-likeness (QED) is 0.433. The molecule has 0 N–H and O–H groups in total. The molecule has 5 nitrogen and oxygen atoms in total. The number of benzene rings is 2. The van der Waals surface area contributed by atoms with Gasteiger partial charge in [0.1, 0.15) is 5.01 Å². The Labute approximate surface area is 178 Å². The number of amides is 1. The number of halogens is 3. The van der Waals surface area contributed by atoms with Crippen LogP contribution in [-0.2, 0) is 20.9 Å². The van der Waals surface area contributed by atoms with E-state index in [1.54, 1.807) is 31.2 Å². The van der Waals surface area contributed by atoms with Crippen LogP contribution in [0.1, 0.15) is 24.8 Å². The number of nitrogens with zero attached hydrogens (tertiary/aromatic N) is 2. The van der Waals surface area contributed by atoms with Gasteiger partial charge in [0.15, 0.2) is 11.6 Å². The van der Waals surface area contributed by atoms with Gasteiger partial charge in [0.25, 0.3) is 0 Å². The molecule has 1 aromatic heterocycles. The van der Waals surface area contributed by atoms with Gasteiger partial charge in [0, 0.05) is 16.6 Å². The van der Waals surface area contributed by atoms with Crippen LogP contribution in [0.5, 0.6) is 0 Å². The maximum absolute atomic E-state index is 14.0. The van der Waals surface area contributed by atoms with E-state index in [2.05, 4.69) is 20.9 Å². The Morgan fingerprint density at radius 3 is 2.55 bits per heavy atom. The number of carbonyl (C=O) groups excluding carboxylic acids is 2. The minimum absolute atomic E-state index is 0.0389. The SMILES string of the molecule is CCOC(=O)CCC(=O)N(Cc1nc2ccc(F)c(F)c2s1)c1ccc(Br)cc1. The molecule has 0 aliphatic carbocycles. The molecule has 0 saturated heterocycles. The second-order valence-corrected chi connectivity index (χ2v) is 8.08. The first-order chi connectivity index (χ1) is 13.9. The van der Waals surface area contributed by atoms with E-state index in [4.69, 9.17) is 4.74 Å². The number of hydrogen-bond donors (Lipinski definition) is 0. The van der Waals surface area contributed by atoms with Gasteiger partial charge in [-0.05, 0) is 43.3 Å². The van der Waals surface area contributed by atoms with Gasteiger partial charge in [-0.2, -0.15) is 0 Å². The lowest BCUT2D eigenvalue weighted by molar-refractivity contribution is -0.144. The van der Waals surface area contributed by atoms with Crippen molar-refractivity contribution in [1.29, 1.82) is 0 Å². The molecule has 2 aromatic carbocycles. The molecule has 0 radical (unpaired) electrons. The third-order valence-corrected chi connectivity index (χ3v) is 5.65. The molecule has 0 bridgehead atoms. The summed E-state index contributed by atoms with van der Waals surface area (Å²) in [5, 5.41) is 0.455. The molecule has 1 heterocycles. The van der Waals surface area contributed by atoms with Crippen molar-refractivity contribution in [1.82, 2.24) is 4.98 Å². The Morgan fingerprint density at radius 1 is 1.14 bits per heavy atom. The van der Waals surface area contributed by atoms with Crippen molar-refractivity contribution < 1.29 is 23.1 Å². The van der Waals surface area contributed by atoms with E-state index in [1.807, 2.05) is 0 Å². The number of esters is 1.